The minimum atomic E-state index is 0.308. The lowest BCUT2D eigenvalue weighted by Crippen LogP contribution is -2.31. The van der Waals surface area contributed by atoms with Crippen molar-refractivity contribution in [1.82, 2.24) is 10.3 Å². The number of hydrogen-bond acceptors (Lipinski definition) is 3. The van der Waals surface area contributed by atoms with E-state index in [4.69, 9.17) is 0 Å². The summed E-state index contributed by atoms with van der Waals surface area (Å²) in [6.45, 7) is 9.86. The van der Waals surface area contributed by atoms with Crippen LogP contribution < -0.4 is 10.2 Å². The van der Waals surface area contributed by atoms with Crippen LogP contribution in [0.3, 0.4) is 0 Å². The fourth-order valence-electron chi connectivity index (χ4n) is 1.90. The standard InChI is InChI=1S/C14H25N3/c1-6-9-17(11(2)3)13-7-8-14(16-10-13)12(4)15-5/h7-8,10-12,15H,6,9H2,1-5H3. The maximum Gasteiger partial charge on any atom is 0.0571 e. The molecule has 3 nitrogen and oxygen atoms in total. The summed E-state index contributed by atoms with van der Waals surface area (Å²) in [4.78, 5) is 6.92. The third-order valence-electron chi connectivity index (χ3n) is 3.07. The molecule has 1 aromatic heterocycles. The van der Waals surface area contributed by atoms with Gasteiger partial charge in [0.25, 0.3) is 0 Å². The molecule has 17 heavy (non-hydrogen) atoms. The largest absolute Gasteiger partial charge is 0.368 e. The van der Waals surface area contributed by atoms with Crippen LogP contribution in [0.5, 0.6) is 0 Å². The molecule has 0 spiro atoms. The number of anilines is 1. The van der Waals surface area contributed by atoms with Gasteiger partial charge in [0, 0.05) is 18.6 Å². The fourth-order valence-corrected chi connectivity index (χ4v) is 1.90. The van der Waals surface area contributed by atoms with Crippen LogP contribution in [0.25, 0.3) is 0 Å². The van der Waals surface area contributed by atoms with E-state index in [1.165, 1.54) is 5.69 Å². The normalized spacial score (nSPS) is 12.8. The summed E-state index contributed by atoms with van der Waals surface area (Å²) in [5.74, 6) is 0. The number of nitrogens with one attached hydrogen (secondary N) is 1. The monoisotopic (exact) mass is 235 g/mol. The predicted molar refractivity (Wildman–Crippen MR) is 74.5 cm³/mol. The van der Waals surface area contributed by atoms with Crippen LogP contribution in [0.2, 0.25) is 0 Å². The number of nitrogens with zero attached hydrogens (tertiary/aromatic N) is 2. The van der Waals surface area contributed by atoms with Crippen LogP contribution in [-0.2, 0) is 0 Å². The molecular weight excluding hydrogens is 210 g/mol. The van der Waals surface area contributed by atoms with E-state index in [2.05, 4.69) is 55.0 Å². The lowest BCUT2D eigenvalue weighted by atomic mass is 10.2. The number of hydrogen-bond donors (Lipinski definition) is 1. The van der Waals surface area contributed by atoms with Gasteiger partial charge in [0.2, 0.25) is 0 Å². The van der Waals surface area contributed by atoms with Crippen molar-refractivity contribution in [2.24, 2.45) is 0 Å². The molecule has 1 atom stereocenters. The van der Waals surface area contributed by atoms with E-state index in [0.29, 0.717) is 12.1 Å². The van der Waals surface area contributed by atoms with Gasteiger partial charge in [0.05, 0.1) is 17.6 Å². The van der Waals surface area contributed by atoms with Crippen molar-refractivity contribution in [2.75, 3.05) is 18.5 Å². The molecule has 0 aliphatic rings. The molecule has 96 valence electrons. The van der Waals surface area contributed by atoms with Crippen molar-refractivity contribution >= 4 is 5.69 Å². The second-order valence-corrected chi connectivity index (χ2v) is 4.74. The van der Waals surface area contributed by atoms with Crippen LogP contribution >= 0.6 is 0 Å². The van der Waals surface area contributed by atoms with Crippen molar-refractivity contribution in [3.8, 4) is 0 Å². The zero-order valence-corrected chi connectivity index (χ0v) is 11.7. The molecule has 1 aromatic rings. The Morgan fingerprint density at radius 2 is 2.00 bits per heavy atom. The molecule has 1 unspecified atom stereocenters. The molecule has 1 heterocycles. The predicted octanol–water partition coefficient (Wildman–Crippen LogP) is 2.99. The van der Waals surface area contributed by atoms with E-state index < -0.39 is 0 Å². The molecule has 1 N–H and O–H groups in total. The van der Waals surface area contributed by atoms with Crippen LogP contribution in [0, 0.1) is 0 Å². The van der Waals surface area contributed by atoms with Crippen LogP contribution in [0.1, 0.15) is 45.9 Å². The fraction of sp³-hybridized carbons (Fsp3) is 0.643. The Labute approximate surface area is 105 Å². The highest BCUT2D eigenvalue weighted by atomic mass is 15.2. The second kappa shape index (κ2) is 6.60. The molecule has 0 aliphatic carbocycles. The Morgan fingerprint density at radius 1 is 1.29 bits per heavy atom. The summed E-state index contributed by atoms with van der Waals surface area (Å²) < 4.78 is 0. The third-order valence-corrected chi connectivity index (χ3v) is 3.07. The van der Waals surface area contributed by atoms with E-state index in [9.17, 15) is 0 Å². The molecule has 0 aromatic carbocycles. The summed E-state index contributed by atoms with van der Waals surface area (Å²) in [6, 6.07) is 5.11. The zero-order valence-electron chi connectivity index (χ0n) is 11.7. The highest BCUT2D eigenvalue weighted by molar-refractivity contribution is 5.45. The van der Waals surface area contributed by atoms with Gasteiger partial charge in [-0.15, -0.1) is 0 Å². The van der Waals surface area contributed by atoms with Crippen LogP contribution in [-0.4, -0.2) is 24.6 Å². The highest BCUT2D eigenvalue weighted by Gasteiger charge is 2.10. The van der Waals surface area contributed by atoms with Gasteiger partial charge in [-0.3, -0.25) is 4.98 Å². The van der Waals surface area contributed by atoms with Crippen LogP contribution in [0.4, 0.5) is 5.69 Å². The van der Waals surface area contributed by atoms with Gasteiger partial charge >= 0.3 is 0 Å². The number of pyridine rings is 1. The second-order valence-electron chi connectivity index (χ2n) is 4.74. The SMILES string of the molecule is CCCN(c1ccc(C(C)NC)nc1)C(C)C. The molecule has 0 saturated carbocycles. The van der Waals surface area contributed by atoms with Gasteiger partial charge in [0.1, 0.15) is 0 Å². The van der Waals surface area contributed by atoms with Crippen LogP contribution in [0.15, 0.2) is 18.3 Å². The van der Waals surface area contributed by atoms with Gasteiger partial charge in [-0.25, -0.2) is 0 Å². The summed E-state index contributed by atoms with van der Waals surface area (Å²) in [7, 11) is 1.96. The van der Waals surface area contributed by atoms with Crippen molar-refractivity contribution in [1.29, 1.82) is 0 Å². The first-order chi connectivity index (χ1) is 8.10. The highest BCUT2D eigenvalue weighted by Crippen LogP contribution is 2.18. The van der Waals surface area contributed by atoms with Gasteiger partial charge < -0.3 is 10.2 Å². The number of aromatic nitrogens is 1. The minimum absolute atomic E-state index is 0.308. The van der Waals surface area contributed by atoms with Crippen molar-refractivity contribution in [3.63, 3.8) is 0 Å². The summed E-state index contributed by atoms with van der Waals surface area (Å²) in [5.41, 5.74) is 2.31. The Balaban J connectivity index is 2.84. The molecule has 0 radical (unpaired) electrons. The molecule has 0 saturated heterocycles. The van der Waals surface area contributed by atoms with Gasteiger partial charge in [-0.1, -0.05) is 6.92 Å². The third kappa shape index (κ3) is 3.70. The molecule has 0 amide bonds. The molecule has 1 rings (SSSR count). The van der Waals surface area contributed by atoms with E-state index in [1.807, 2.05) is 13.2 Å². The Bertz CT molecular complexity index is 319. The van der Waals surface area contributed by atoms with Crippen molar-refractivity contribution in [3.05, 3.63) is 24.0 Å². The maximum absolute atomic E-state index is 4.53. The number of rotatable bonds is 6. The molecule has 0 aliphatic heterocycles. The Hall–Kier alpha value is -1.09. The minimum Gasteiger partial charge on any atom is -0.368 e. The topological polar surface area (TPSA) is 28.2 Å². The van der Waals surface area contributed by atoms with E-state index in [-0.39, 0.29) is 0 Å². The Kier molecular flexibility index (Phi) is 5.42. The summed E-state index contributed by atoms with van der Waals surface area (Å²) in [6.07, 6.45) is 3.14. The quantitative estimate of drug-likeness (QED) is 0.821. The lowest BCUT2D eigenvalue weighted by molar-refractivity contribution is 0.630. The first-order valence-corrected chi connectivity index (χ1v) is 6.50. The molecule has 3 heteroatoms. The summed E-state index contributed by atoms with van der Waals surface area (Å²) in [5, 5.41) is 3.20. The van der Waals surface area contributed by atoms with E-state index in [0.717, 1.165) is 18.7 Å². The smallest absolute Gasteiger partial charge is 0.0571 e. The zero-order chi connectivity index (χ0) is 12.8. The van der Waals surface area contributed by atoms with Crippen molar-refractivity contribution in [2.45, 2.75) is 46.2 Å². The van der Waals surface area contributed by atoms with Gasteiger partial charge in [0.15, 0.2) is 0 Å². The lowest BCUT2D eigenvalue weighted by Gasteiger charge is -2.28. The average Bonchev–Trinajstić information content (AvgIpc) is 2.35. The first kappa shape index (κ1) is 14.0. The Morgan fingerprint density at radius 3 is 2.41 bits per heavy atom. The maximum atomic E-state index is 4.53. The molecule has 0 bridgehead atoms. The molecule has 0 fully saturated rings. The van der Waals surface area contributed by atoms with Gasteiger partial charge in [-0.2, -0.15) is 0 Å². The van der Waals surface area contributed by atoms with Gasteiger partial charge in [-0.05, 0) is 46.4 Å². The van der Waals surface area contributed by atoms with E-state index >= 15 is 0 Å². The van der Waals surface area contributed by atoms with Crippen molar-refractivity contribution < 1.29 is 0 Å². The van der Waals surface area contributed by atoms with E-state index in [1.54, 1.807) is 0 Å². The molecular formula is C14H25N3. The average molecular weight is 235 g/mol. The first-order valence-electron chi connectivity index (χ1n) is 6.50. The summed E-state index contributed by atoms with van der Waals surface area (Å²) >= 11 is 0.